The van der Waals surface area contributed by atoms with Crippen LogP contribution in [0.4, 0.5) is 26.0 Å². The summed E-state index contributed by atoms with van der Waals surface area (Å²) < 4.78 is 33.0. The van der Waals surface area contributed by atoms with Crippen molar-refractivity contribution in [2.24, 2.45) is 5.92 Å². The van der Waals surface area contributed by atoms with Crippen LogP contribution in [0.15, 0.2) is 54.6 Å². The first kappa shape index (κ1) is 28.6. The number of aromatic nitrogens is 2. The Morgan fingerprint density at radius 1 is 0.976 bits per heavy atom. The largest absolute Gasteiger partial charge is 0.381 e. The Bertz CT molecular complexity index is 1540. The van der Waals surface area contributed by atoms with Crippen LogP contribution < -0.4 is 15.5 Å². The number of carbonyl (C=O) groups excluding carboxylic acids is 1. The molecule has 0 spiro atoms. The maximum absolute atomic E-state index is 13.7. The van der Waals surface area contributed by atoms with E-state index in [9.17, 15) is 13.6 Å². The minimum absolute atomic E-state index is 0.223. The lowest BCUT2D eigenvalue weighted by Gasteiger charge is -2.33. The zero-order valence-electron chi connectivity index (χ0n) is 23.3. The number of benzene rings is 3. The third-order valence-electron chi connectivity index (χ3n) is 8.22. The molecule has 220 valence electrons. The molecule has 0 atom stereocenters. The van der Waals surface area contributed by atoms with Crippen molar-refractivity contribution in [3.63, 3.8) is 0 Å². The number of fused-ring (bicyclic) bond motifs is 1. The van der Waals surface area contributed by atoms with Crippen LogP contribution >= 0.6 is 15.9 Å². The summed E-state index contributed by atoms with van der Waals surface area (Å²) in [6.07, 6.45) is 4.38. The number of amides is 1. The number of hydrogen-bond donors (Lipinski definition) is 3. The number of carbonyl (C=O) groups is 1. The number of hydrogen-bond acceptors (Lipinski definition) is 5. The summed E-state index contributed by atoms with van der Waals surface area (Å²) in [4.78, 5) is 16.1. The number of alkyl halides is 1. The summed E-state index contributed by atoms with van der Waals surface area (Å²) in [5.41, 5.74) is 4.58. The van der Waals surface area contributed by atoms with Gasteiger partial charge in [0.25, 0.3) is 5.91 Å². The number of rotatable bonds is 8. The maximum Gasteiger partial charge on any atom is 0.258 e. The molecule has 4 aromatic rings. The molecule has 2 aliphatic heterocycles. The molecule has 10 heteroatoms. The first-order valence-corrected chi connectivity index (χ1v) is 15.6. The van der Waals surface area contributed by atoms with Gasteiger partial charge in [0, 0.05) is 60.5 Å². The SMILES string of the molecule is O=C(Nc1n[nH]c2ccc(Cc3cc(F)cc(F)c3)cc12)c1ccc(N2CCC(CBr)CC2)cc1NC1CCOCC1. The van der Waals surface area contributed by atoms with Gasteiger partial charge < -0.3 is 20.3 Å². The van der Waals surface area contributed by atoms with Crippen LogP contribution in [0.25, 0.3) is 10.9 Å². The Balaban J connectivity index is 1.24. The Morgan fingerprint density at radius 3 is 2.48 bits per heavy atom. The van der Waals surface area contributed by atoms with Gasteiger partial charge in [-0.25, -0.2) is 8.78 Å². The van der Waals surface area contributed by atoms with Crippen molar-refractivity contribution in [2.75, 3.05) is 47.2 Å². The number of nitrogens with one attached hydrogen (secondary N) is 3. The molecule has 1 amide bonds. The minimum atomic E-state index is -0.609. The van der Waals surface area contributed by atoms with Gasteiger partial charge in [-0.1, -0.05) is 22.0 Å². The molecule has 3 aromatic carbocycles. The van der Waals surface area contributed by atoms with Crippen LogP contribution in [0.1, 0.15) is 47.2 Å². The Hall–Kier alpha value is -3.50. The van der Waals surface area contributed by atoms with Crippen molar-refractivity contribution in [1.82, 2.24) is 10.2 Å². The highest BCUT2D eigenvalue weighted by Gasteiger charge is 2.23. The second-order valence-electron chi connectivity index (χ2n) is 11.2. The Morgan fingerprint density at radius 2 is 1.74 bits per heavy atom. The third kappa shape index (κ3) is 6.60. The molecule has 2 aliphatic rings. The molecular formula is C32H34BrF2N5O2. The standard InChI is InChI=1S/C32H34BrF2N5O2/c33-19-20-5-9-40(10-6-20)26-2-3-27(30(18-26)36-25-7-11-42-12-8-25)32(41)37-31-28-16-21(1-4-29(28)38-39-31)13-22-14-23(34)17-24(35)15-22/h1-4,14-18,20,25,36H,5-13,19H2,(H2,37,38,39,41). The fraction of sp³-hybridized carbons (Fsp3) is 0.375. The minimum Gasteiger partial charge on any atom is -0.381 e. The lowest BCUT2D eigenvalue weighted by Crippen LogP contribution is -2.34. The number of ether oxygens (including phenoxy) is 1. The van der Waals surface area contributed by atoms with Gasteiger partial charge in [0.1, 0.15) is 11.6 Å². The molecule has 2 saturated heterocycles. The fourth-order valence-corrected chi connectivity index (χ4v) is 6.49. The van der Waals surface area contributed by atoms with E-state index in [-0.39, 0.29) is 11.9 Å². The number of halogens is 3. The summed E-state index contributed by atoms with van der Waals surface area (Å²) in [6, 6.07) is 15.4. The normalized spacial score (nSPS) is 16.6. The second kappa shape index (κ2) is 12.8. The predicted octanol–water partition coefficient (Wildman–Crippen LogP) is 6.89. The van der Waals surface area contributed by atoms with Gasteiger partial charge in [0.15, 0.2) is 5.82 Å². The topological polar surface area (TPSA) is 82.3 Å². The van der Waals surface area contributed by atoms with Crippen LogP contribution in [0.3, 0.4) is 0 Å². The second-order valence-corrected chi connectivity index (χ2v) is 11.9. The Labute approximate surface area is 252 Å². The first-order valence-electron chi connectivity index (χ1n) is 14.5. The van der Waals surface area contributed by atoms with Crippen LogP contribution in [0, 0.1) is 17.6 Å². The van der Waals surface area contributed by atoms with Crippen molar-refractivity contribution in [3.05, 3.63) is 82.9 Å². The highest BCUT2D eigenvalue weighted by molar-refractivity contribution is 9.09. The van der Waals surface area contributed by atoms with Crippen LogP contribution in [0.5, 0.6) is 0 Å². The highest BCUT2D eigenvalue weighted by atomic mass is 79.9. The van der Waals surface area contributed by atoms with E-state index in [0.29, 0.717) is 42.5 Å². The van der Waals surface area contributed by atoms with Gasteiger partial charge in [0.05, 0.1) is 11.1 Å². The predicted molar refractivity (Wildman–Crippen MR) is 166 cm³/mol. The average Bonchev–Trinajstić information content (AvgIpc) is 3.39. The average molecular weight is 639 g/mol. The van der Waals surface area contributed by atoms with Crippen molar-refractivity contribution >= 4 is 49.9 Å². The van der Waals surface area contributed by atoms with Crippen molar-refractivity contribution in [1.29, 1.82) is 0 Å². The van der Waals surface area contributed by atoms with Gasteiger partial charge in [-0.05, 0) is 91.6 Å². The quantitative estimate of drug-likeness (QED) is 0.183. The van der Waals surface area contributed by atoms with Gasteiger partial charge in [-0.3, -0.25) is 9.89 Å². The first-order chi connectivity index (χ1) is 20.4. The molecule has 0 aliphatic carbocycles. The van der Waals surface area contributed by atoms with Crippen LogP contribution in [-0.4, -0.2) is 53.8 Å². The molecule has 0 unspecified atom stereocenters. The number of aromatic amines is 1. The lowest BCUT2D eigenvalue weighted by atomic mass is 9.98. The summed E-state index contributed by atoms with van der Waals surface area (Å²) >= 11 is 3.62. The zero-order chi connectivity index (χ0) is 29.1. The molecule has 42 heavy (non-hydrogen) atoms. The number of anilines is 3. The smallest absolute Gasteiger partial charge is 0.258 e. The molecule has 7 nitrogen and oxygen atoms in total. The molecular weight excluding hydrogens is 604 g/mol. The molecule has 1 aromatic heterocycles. The maximum atomic E-state index is 13.7. The summed E-state index contributed by atoms with van der Waals surface area (Å²) in [5.74, 6) is -0.380. The lowest BCUT2D eigenvalue weighted by molar-refractivity contribution is 0.0904. The van der Waals surface area contributed by atoms with E-state index >= 15 is 0 Å². The van der Waals surface area contributed by atoms with E-state index in [1.54, 1.807) is 0 Å². The third-order valence-corrected chi connectivity index (χ3v) is 9.13. The molecule has 3 heterocycles. The molecule has 0 radical (unpaired) electrons. The van der Waals surface area contributed by atoms with Crippen molar-refractivity contribution in [3.8, 4) is 0 Å². The molecule has 0 saturated carbocycles. The number of H-pyrrole nitrogens is 1. The highest BCUT2D eigenvalue weighted by Crippen LogP contribution is 2.31. The van der Waals surface area contributed by atoms with E-state index < -0.39 is 11.6 Å². The molecule has 0 bridgehead atoms. The summed E-state index contributed by atoms with van der Waals surface area (Å²) in [5, 5.41) is 15.7. The molecule has 2 fully saturated rings. The van der Waals surface area contributed by atoms with E-state index in [4.69, 9.17) is 4.74 Å². The fourth-order valence-electron chi connectivity index (χ4n) is 5.84. The zero-order valence-corrected chi connectivity index (χ0v) is 24.9. The van der Waals surface area contributed by atoms with E-state index in [1.165, 1.54) is 12.1 Å². The van der Waals surface area contributed by atoms with Crippen molar-refractivity contribution < 1.29 is 18.3 Å². The Kier molecular flexibility index (Phi) is 8.71. The van der Waals surface area contributed by atoms with Gasteiger partial charge in [-0.2, -0.15) is 5.10 Å². The van der Waals surface area contributed by atoms with Crippen LogP contribution in [-0.2, 0) is 11.2 Å². The van der Waals surface area contributed by atoms with Gasteiger partial charge in [-0.15, -0.1) is 0 Å². The number of piperidine rings is 1. The van der Waals surface area contributed by atoms with Crippen molar-refractivity contribution in [2.45, 2.75) is 38.1 Å². The summed E-state index contributed by atoms with van der Waals surface area (Å²) in [7, 11) is 0. The summed E-state index contributed by atoms with van der Waals surface area (Å²) in [6.45, 7) is 3.37. The monoisotopic (exact) mass is 637 g/mol. The molecule has 3 N–H and O–H groups in total. The van der Waals surface area contributed by atoms with Gasteiger partial charge in [0.2, 0.25) is 0 Å². The van der Waals surface area contributed by atoms with E-state index in [2.05, 4.69) is 47.7 Å². The van der Waals surface area contributed by atoms with Gasteiger partial charge >= 0.3 is 0 Å². The van der Waals surface area contributed by atoms with E-state index in [0.717, 1.165) is 78.0 Å². The molecule has 6 rings (SSSR count). The van der Waals surface area contributed by atoms with Crippen LogP contribution in [0.2, 0.25) is 0 Å². The van der Waals surface area contributed by atoms with E-state index in [1.807, 2.05) is 30.3 Å². The number of nitrogens with zero attached hydrogens (tertiary/aromatic N) is 2.